The molecule has 0 aliphatic heterocycles. The number of fused-ring (bicyclic) bond motifs is 2. The second-order valence-electron chi connectivity index (χ2n) is 4.10. The van der Waals surface area contributed by atoms with Gasteiger partial charge in [0.2, 0.25) is 0 Å². The van der Waals surface area contributed by atoms with E-state index in [1.807, 2.05) is 0 Å². The van der Waals surface area contributed by atoms with Crippen molar-refractivity contribution < 1.29 is 18.1 Å². The zero-order valence-electron chi connectivity index (χ0n) is 9.61. The first-order chi connectivity index (χ1) is 8.98. The zero-order valence-corrected chi connectivity index (χ0v) is 10.4. The Hall–Kier alpha value is -2.18. The number of hydrogen-bond donors (Lipinski definition) is 2. The molecule has 0 unspecified atom stereocenters. The van der Waals surface area contributed by atoms with Crippen LogP contribution in [0.4, 0.5) is 0 Å². The normalized spacial score (nSPS) is 12.1. The number of pyridine rings is 1. The topological polar surface area (TPSA) is 87.5 Å². The highest BCUT2D eigenvalue weighted by atomic mass is 32.2. The maximum atomic E-state index is 11.6. The summed E-state index contributed by atoms with van der Waals surface area (Å²) in [6.07, 6.45) is 0. The van der Waals surface area contributed by atoms with Gasteiger partial charge in [-0.1, -0.05) is 24.3 Å². The van der Waals surface area contributed by atoms with E-state index < -0.39 is 10.1 Å². The van der Waals surface area contributed by atoms with E-state index >= 15 is 0 Å². The van der Waals surface area contributed by atoms with Crippen LogP contribution in [-0.2, 0) is 10.1 Å². The van der Waals surface area contributed by atoms with Crippen LogP contribution in [0, 0.1) is 0 Å². The first-order valence-corrected chi connectivity index (χ1v) is 6.90. The Kier molecular flexibility index (Phi) is 2.44. The summed E-state index contributed by atoms with van der Waals surface area (Å²) in [7, 11) is -4.48. The van der Waals surface area contributed by atoms with Crippen molar-refractivity contribution in [2.24, 2.45) is 0 Å². The van der Waals surface area contributed by atoms with Crippen LogP contribution in [0.2, 0.25) is 0 Å². The molecule has 0 aliphatic rings. The lowest BCUT2D eigenvalue weighted by Gasteiger charge is -2.09. The van der Waals surface area contributed by atoms with Crippen LogP contribution in [-0.4, -0.2) is 23.1 Å². The molecule has 0 fully saturated rings. The molecule has 1 heterocycles. The van der Waals surface area contributed by atoms with Crippen LogP contribution in [0.5, 0.6) is 5.75 Å². The van der Waals surface area contributed by atoms with Gasteiger partial charge < -0.3 is 5.11 Å². The Morgan fingerprint density at radius 3 is 2.37 bits per heavy atom. The van der Waals surface area contributed by atoms with E-state index in [0.717, 1.165) is 0 Å². The summed E-state index contributed by atoms with van der Waals surface area (Å²) in [6.45, 7) is 0. The fourth-order valence-electron chi connectivity index (χ4n) is 2.15. The second kappa shape index (κ2) is 3.91. The third kappa shape index (κ3) is 1.81. The number of phenols is 1. The van der Waals surface area contributed by atoms with Gasteiger partial charge in [-0.3, -0.25) is 4.55 Å². The van der Waals surface area contributed by atoms with Gasteiger partial charge in [-0.25, -0.2) is 4.98 Å². The average molecular weight is 275 g/mol. The zero-order chi connectivity index (χ0) is 13.6. The van der Waals surface area contributed by atoms with Crippen molar-refractivity contribution in [3.05, 3.63) is 42.5 Å². The Morgan fingerprint density at radius 1 is 0.947 bits per heavy atom. The molecule has 2 aromatic carbocycles. The van der Waals surface area contributed by atoms with E-state index in [1.165, 1.54) is 12.1 Å². The lowest BCUT2D eigenvalue weighted by molar-refractivity contribution is 0.474. The fourth-order valence-corrected chi connectivity index (χ4v) is 3.07. The van der Waals surface area contributed by atoms with Crippen LogP contribution >= 0.6 is 0 Å². The summed E-state index contributed by atoms with van der Waals surface area (Å²) in [5, 5.41) is 10.2. The monoisotopic (exact) mass is 275 g/mol. The summed E-state index contributed by atoms with van der Waals surface area (Å²) >= 11 is 0. The second-order valence-corrected chi connectivity index (χ2v) is 5.46. The van der Waals surface area contributed by atoms with Crippen molar-refractivity contribution in [2.75, 3.05) is 0 Å². The Labute approximate surface area is 108 Å². The van der Waals surface area contributed by atoms with Gasteiger partial charge in [-0.2, -0.15) is 8.42 Å². The van der Waals surface area contributed by atoms with Crippen molar-refractivity contribution in [1.82, 2.24) is 4.98 Å². The third-order valence-electron chi connectivity index (χ3n) is 2.90. The molecule has 2 N–H and O–H groups in total. The minimum Gasteiger partial charge on any atom is -0.507 e. The van der Waals surface area contributed by atoms with Crippen molar-refractivity contribution in [3.63, 3.8) is 0 Å². The Balaban J connectivity index is 2.71. The van der Waals surface area contributed by atoms with Gasteiger partial charge in [0.25, 0.3) is 10.1 Å². The molecule has 3 rings (SSSR count). The molecule has 5 nitrogen and oxygen atoms in total. The third-order valence-corrected chi connectivity index (χ3v) is 3.84. The first kappa shape index (κ1) is 11.9. The molecule has 0 bridgehead atoms. The van der Waals surface area contributed by atoms with E-state index in [-0.39, 0.29) is 21.4 Å². The molecule has 0 radical (unpaired) electrons. The lowest BCUT2D eigenvalue weighted by atomic mass is 10.1. The van der Waals surface area contributed by atoms with Gasteiger partial charge in [0, 0.05) is 5.39 Å². The van der Waals surface area contributed by atoms with Gasteiger partial charge in [-0.05, 0) is 18.2 Å². The number of nitrogens with zero attached hydrogens (tertiary/aromatic N) is 1. The van der Waals surface area contributed by atoms with Gasteiger partial charge in [0.05, 0.1) is 16.4 Å². The summed E-state index contributed by atoms with van der Waals surface area (Å²) < 4.78 is 32.7. The van der Waals surface area contributed by atoms with Gasteiger partial charge in [-0.15, -0.1) is 0 Å². The maximum absolute atomic E-state index is 11.6. The largest absolute Gasteiger partial charge is 0.507 e. The van der Waals surface area contributed by atoms with Crippen molar-refractivity contribution >= 4 is 31.9 Å². The summed E-state index contributed by atoms with van der Waals surface area (Å²) in [5.41, 5.74) is 0.750. The maximum Gasteiger partial charge on any atom is 0.296 e. The minimum atomic E-state index is -4.48. The van der Waals surface area contributed by atoms with Gasteiger partial charge in [0.15, 0.2) is 0 Å². The lowest BCUT2D eigenvalue weighted by Crippen LogP contribution is -2.02. The Bertz CT molecular complexity index is 903. The van der Waals surface area contributed by atoms with Crippen molar-refractivity contribution in [2.45, 2.75) is 4.90 Å². The van der Waals surface area contributed by atoms with E-state index in [0.29, 0.717) is 11.0 Å². The highest BCUT2D eigenvalue weighted by molar-refractivity contribution is 7.86. The molecule has 96 valence electrons. The molecule has 3 aromatic rings. The first-order valence-electron chi connectivity index (χ1n) is 5.46. The highest BCUT2D eigenvalue weighted by Crippen LogP contribution is 2.34. The highest BCUT2D eigenvalue weighted by Gasteiger charge is 2.21. The Morgan fingerprint density at radius 2 is 1.63 bits per heavy atom. The summed E-state index contributed by atoms with van der Waals surface area (Å²) in [6, 6.07) is 11.0. The molecule has 0 spiro atoms. The van der Waals surface area contributed by atoms with Gasteiger partial charge >= 0.3 is 0 Å². The number of benzene rings is 2. The van der Waals surface area contributed by atoms with E-state index in [2.05, 4.69) is 4.98 Å². The molecule has 19 heavy (non-hydrogen) atoms. The molecule has 1 aromatic heterocycles. The molecule has 0 atom stereocenters. The molecule has 0 amide bonds. The number of aromatic nitrogens is 1. The van der Waals surface area contributed by atoms with Crippen LogP contribution in [0.3, 0.4) is 0 Å². The van der Waals surface area contributed by atoms with Crippen molar-refractivity contribution in [3.8, 4) is 5.75 Å². The van der Waals surface area contributed by atoms with Crippen LogP contribution in [0.1, 0.15) is 0 Å². The SMILES string of the molecule is O=S(=O)(O)c1c2ccccc2nc2cccc(O)c12. The predicted octanol–water partition coefficient (Wildman–Crippen LogP) is 2.34. The smallest absolute Gasteiger partial charge is 0.296 e. The molecule has 0 aliphatic carbocycles. The number of phenolic OH excluding ortho intramolecular Hbond substituents is 1. The van der Waals surface area contributed by atoms with E-state index in [9.17, 15) is 18.1 Å². The quantitative estimate of drug-likeness (QED) is 0.525. The predicted molar refractivity (Wildman–Crippen MR) is 70.7 cm³/mol. The molecule has 0 saturated carbocycles. The summed E-state index contributed by atoms with van der Waals surface area (Å²) in [5.74, 6) is -0.233. The van der Waals surface area contributed by atoms with Crippen LogP contribution in [0.25, 0.3) is 21.8 Å². The van der Waals surface area contributed by atoms with Crippen LogP contribution in [0.15, 0.2) is 47.4 Å². The average Bonchev–Trinajstić information content (AvgIpc) is 2.35. The minimum absolute atomic E-state index is 0.0312. The number of hydrogen-bond acceptors (Lipinski definition) is 4. The van der Waals surface area contributed by atoms with E-state index in [1.54, 1.807) is 30.3 Å². The number of rotatable bonds is 1. The molecular formula is C13H9NO4S. The van der Waals surface area contributed by atoms with Gasteiger partial charge in [0.1, 0.15) is 10.6 Å². The molecule has 0 saturated heterocycles. The van der Waals surface area contributed by atoms with E-state index in [4.69, 9.17) is 0 Å². The standard InChI is InChI=1S/C13H9NO4S/c15-11-7-3-6-10-12(11)13(19(16,17)18)8-4-1-2-5-9(8)14-10/h1-7,15H,(H,16,17,18). The molecular weight excluding hydrogens is 266 g/mol. The number of para-hydroxylation sites is 1. The molecule has 6 heteroatoms. The van der Waals surface area contributed by atoms with Crippen molar-refractivity contribution in [1.29, 1.82) is 0 Å². The number of aromatic hydroxyl groups is 1. The fraction of sp³-hybridized carbons (Fsp3) is 0. The summed E-state index contributed by atoms with van der Waals surface area (Å²) in [4.78, 5) is 3.96. The van der Waals surface area contributed by atoms with Crippen LogP contribution < -0.4 is 0 Å².